The fourth-order valence-electron chi connectivity index (χ4n) is 1.87. The smallest absolute Gasteiger partial charge is 0.0405 e. The molecule has 0 unspecified atom stereocenters. The van der Waals surface area contributed by atoms with Gasteiger partial charge in [0.15, 0.2) is 0 Å². The zero-order valence-electron chi connectivity index (χ0n) is 10.8. The fraction of sp³-hybridized carbons (Fsp3) is 0.467. The number of benzene rings is 1. The monoisotopic (exact) mass is 217 g/mol. The summed E-state index contributed by atoms with van der Waals surface area (Å²) in [5, 5.41) is 3.55. The van der Waals surface area contributed by atoms with E-state index < -0.39 is 0 Å². The van der Waals surface area contributed by atoms with Crippen LogP contribution in [0.2, 0.25) is 0 Å². The molecule has 0 saturated heterocycles. The molecule has 16 heavy (non-hydrogen) atoms. The molecule has 0 bridgehead atoms. The highest BCUT2D eigenvalue weighted by Crippen LogP contribution is 2.22. The third-order valence-corrected chi connectivity index (χ3v) is 2.85. The van der Waals surface area contributed by atoms with Crippen molar-refractivity contribution in [3.63, 3.8) is 0 Å². The minimum atomic E-state index is 0.985. The van der Waals surface area contributed by atoms with Gasteiger partial charge in [0, 0.05) is 12.2 Å². The molecule has 1 N–H and O–H groups in total. The molecule has 0 radical (unpaired) electrons. The Bertz CT molecular complexity index is 330. The molecule has 1 heteroatoms. The van der Waals surface area contributed by atoms with Crippen molar-refractivity contribution in [2.45, 2.75) is 40.0 Å². The highest BCUT2D eigenvalue weighted by molar-refractivity contribution is 5.57. The average Bonchev–Trinajstić information content (AvgIpc) is 2.28. The molecule has 0 fully saturated rings. The van der Waals surface area contributed by atoms with Gasteiger partial charge in [-0.1, -0.05) is 37.6 Å². The molecule has 0 aliphatic heterocycles. The van der Waals surface area contributed by atoms with Gasteiger partial charge in [-0.3, -0.25) is 0 Å². The minimum Gasteiger partial charge on any atom is -0.384 e. The zero-order valence-corrected chi connectivity index (χ0v) is 10.8. The Morgan fingerprint density at radius 1 is 1.19 bits per heavy atom. The molecule has 0 atom stereocenters. The van der Waals surface area contributed by atoms with Crippen LogP contribution in [0.15, 0.2) is 30.4 Å². The lowest BCUT2D eigenvalue weighted by atomic mass is 10.0. The van der Waals surface area contributed by atoms with Crippen LogP contribution in [0.5, 0.6) is 0 Å². The third kappa shape index (κ3) is 3.41. The molecule has 88 valence electrons. The van der Waals surface area contributed by atoms with Crippen LogP contribution in [0.4, 0.5) is 5.69 Å². The van der Waals surface area contributed by atoms with Gasteiger partial charge in [-0.15, -0.1) is 6.58 Å². The predicted octanol–water partition coefficient (Wildman–Crippen LogP) is 4.19. The van der Waals surface area contributed by atoms with E-state index in [-0.39, 0.29) is 0 Å². The van der Waals surface area contributed by atoms with Crippen molar-refractivity contribution in [2.24, 2.45) is 0 Å². The molecule has 0 heterocycles. The van der Waals surface area contributed by atoms with E-state index in [2.05, 4.69) is 50.9 Å². The van der Waals surface area contributed by atoms with Gasteiger partial charge in [0.2, 0.25) is 0 Å². The Balaban J connectivity index is 2.78. The number of anilines is 1. The summed E-state index contributed by atoms with van der Waals surface area (Å²) >= 11 is 0. The Morgan fingerprint density at radius 3 is 2.19 bits per heavy atom. The first-order valence-electron chi connectivity index (χ1n) is 6.18. The van der Waals surface area contributed by atoms with Crippen LogP contribution in [-0.4, -0.2) is 6.54 Å². The molecule has 1 nitrogen and oxygen atoms in total. The summed E-state index contributed by atoms with van der Waals surface area (Å²) in [6.07, 6.45) is 3.22. The minimum absolute atomic E-state index is 0.985. The van der Waals surface area contributed by atoms with E-state index in [4.69, 9.17) is 0 Å². The second kappa shape index (κ2) is 6.37. The van der Waals surface area contributed by atoms with E-state index in [9.17, 15) is 0 Å². The van der Waals surface area contributed by atoms with Crippen LogP contribution in [0, 0.1) is 0 Å². The van der Waals surface area contributed by atoms with E-state index in [0.717, 1.165) is 25.8 Å². The summed E-state index contributed by atoms with van der Waals surface area (Å²) in [6.45, 7) is 11.4. The van der Waals surface area contributed by atoms with Crippen molar-refractivity contribution in [3.8, 4) is 0 Å². The number of aryl methyl sites for hydroxylation is 2. The molecule has 0 aliphatic carbocycles. The lowest BCUT2D eigenvalue weighted by Crippen LogP contribution is -2.07. The molecule has 0 spiro atoms. The van der Waals surface area contributed by atoms with Crippen molar-refractivity contribution in [1.29, 1.82) is 0 Å². The summed E-state index contributed by atoms with van der Waals surface area (Å²) < 4.78 is 0. The van der Waals surface area contributed by atoms with Crippen LogP contribution < -0.4 is 5.32 Å². The first-order valence-corrected chi connectivity index (χ1v) is 6.18. The first-order chi connectivity index (χ1) is 7.69. The van der Waals surface area contributed by atoms with Crippen LogP contribution in [0.25, 0.3) is 0 Å². The maximum atomic E-state index is 3.93. The van der Waals surface area contributed by atoms with E-state index >= 15 is 0 Å². The fourth-order valence-corrected chi connectivity index (χ4v) is 1.87. The predicted molar refractivity (Wildman–Crippen MR) is 73.1 cm³/mol. The molecule has 1 aromatic carbocycles. The molecule has 1 rings (SSSR count). The highest BCUT2D eigenvalue weighted by Gasteiger charge is 2.04. The number of hydrogen-bond acceptors (Lipinski definition) is 1. The molecular weight excluding hydrogens is 194 g/mol. The maximum absolute atomic E-state index is 3.93. The van der Waals surface area contributed by atoms with E-state index in [1.807, 2.05) is 0 Å². The Morgan fingerprint density at radius 2 is 1.75 bits per heavy atom. The van der Waals surface area contributed by atoms with Crippen molar-refractivity contribution < 1.29 is 0 Å². The van der Waals surface area contributed by atoms with E-state index in [0.29, 0.717) is 0 Å². The van der Waals surface area contributed by atoms with E-state index in [1.54, 1.807) is 0 Å². The standard InChI is InChI=1S/C15H23N/c1-5-13-8-7-9-14(6-2)15(13)16-11-10-12(3)4/h7-9,16H,3,5-6,10-11H2,1-2,4H3. The summed E-state index contributed by atoms with van der Waals surface area (Å²) in [6, 6.07) is 6.58. The van der Waals surface area contributed by atoms with Crippen LogP contribution >= 0.6 is 0 Å². The third-order valence-electron chi connectivity index (χ3n) is 2.85. The quantitative estimate of drug-likeness (QED) is 0.704. The molecule has 0 amide bonds. The first kappa shape index (κ1) is 12.8. The average molecular weight is 217 g/mol. The number of rotatable bonds is 6. The molecule has 0 aromatic heterocycles. The van der Waals surface area contributed by atoms with Crippen molar-refractivity contribution in [2.75, 3.05) is 11.9 Å². The molecular formula is C15H23N. The lowest BCUT2D eigenvalue weighted by molar-refractivity contribution is 0.981. The summed E-state index contributed by atoms with van der Waals surface area (Å²) in [7, 11) is 0. The molecule has 0 saturated carbocycles. The topological polar surface area (TPSA) is 12.0 Å². The summed E-state index contributed by atoms with van der Waals surface area (Å²) in [5.41, 5.74) is 5.41. The van der Waals surface area contributed by atoms with Crippen LogP contribution in [0.1, 0.15) is 38.3 Å². The van der Waals surface area contributed by atoms with Crippen LogP contribution in [0.3, 0.4) is 0 Å². The largest absolute Gasteiger partial charge is 0.384 e. The zero-order chi connectivity index (χ0) is 12.0. The van der Waals surface area contributed by atoms with Gasteiger partial charge in [-0.2, -0.15) is 0 Å². The SMILES string of the molecule is C=C(C)CCNc1c(CC)cccc1CC. The Hall–Kier alpha value is -1.24. The second-order valence-corrected chi connectivity index (χ2v) is 4.29. The molecule has 0 aliphatic rings. The van der Waals surface area contributed by atoms with E-state index in [1.165, 1.54) is 22.4 Å². The second-order valence-electron chi connectivity index (χ2n) is 4.29. The molecule has 1 aromatic rings. The summed E-state index contributed by atoms with van der Waals surface area (Å²) in [5.74, 6) is 0. The Labute approximate surface area is 99.6 Å². The van der Waals surface area contributed by atoms with Gasteiger partial charge in [-0.25, -0.2) is 0 Å². The van der Waals surface area contributed by atoms with Gasteiger partial charge in [0.25, 0.3) is 0 Å². The van der Waals surface area contributed by atoms with Gasteiger partial charge in [0.1, 0.15) is 0 Å². The normalized spacial score (nSPS) is 10.2. The highest BCUT2D eigenvalue weighted by atomic mass is 14.9. The van der Waals surface area contributed by atoms with Crippen molar-refractivity contribution >= 4 is 5.69 Å². The van der Waals surface area contributed by atoms with Crippen LogP contribution in [-0.2, 0) is 12.8 Å². The number of para-hydroxylation sites is 1. The van der Waals surface area contributed by atoms with Crippen molar-refractivity contribution in [1.82, 2.24) is 0 Å². The Kier molecular flexibility index (Phi) is 5.10. The van der Waals surface area contributed by atoms with Gasteiger partial charge < -0.3 is 5.32 Å². The number of nitrogens with one attached hydrogen (secondary N) is 1. The summed E-state index contributed by atoms with van der Waals surface area (Å²) in [4.78, 5) is 0. The maximum Gasteiger partial charge on any atom is 0.0405 e. The van der Waals surface area contributed by atoms with Gasteiger partial charge in [-0.05, 0) is 37.3 Å². The van der Waals surface area contributed by atoms with Crippen molar-refractivity contribution in [3.05, 3.63) is 41.5 Å². The lowest BCUT2D eigenvalue weighted by Gasteiger charge is -2.15. The number of hydrogen-bond donors (Lipinski definition) is 1. The van der Waals surface area contributed by atoms with Gasteiger partial charge in [0.05, 0.1) is 0 Å². The van der Waals surface area contributed by atoms with Gasteiger partial charge >= 0.3 is 0 Å².